The first kappa shape index (κ1) is 14.0. The molecule has 0 bridgehead atoms. The van der Waals surface area contributed by atoms with Crippen molar-refractivity contribution < 1.29 is 9.47 Å². The Bertz CT molecular complexity index is 649. The summed E-state index contributed by atoms with van der Waals surface area (Å²) in [7, 11) is 1.81. The molecular formula is C15H17N3O2S. The van der Waals surface area contributed by atoms with Crippen LogP contribution < -0.4 is 14.8 Å². The maximum atomic E-state index is 5.72. The summed E-state index contributed by atoms with van der Waals surface area (Å²) in [6, 6.07) is 5.99. The molecule has 110 valence electrons. The maximum absolute atomic E-state index is 5.72. The summed E-state index contributed by atoms with van der Waals surface area (Å²) in [5.41, 5.74) is 1.05. The van der Waals surface area contributed by atoms with Crippen LogP contribution in [0.5, 0.6) is 11.5 Å². The number of benzene rings is 1. The first-order valence-electron chi connectivity index (χ1n) is 6.85. The number of ether oxygens (including phenoxy) is 2. The van der Waals surface area contributed by atoms with Gasteiger partial charge in [-0.25, -0.2) is 9.97 Å². The van der Waals surface area contributed by atoms with Crippen LogP contribution in [-0.4, -0.2) is 30.2 Å². The fraction of sp³-hybridized carbons (Fsp3) is 0.333. The van der Waals surface area contributed by atoms with E-state index in [4.69, 9.17) is 9.47 Å². The molecule has 21 heavy (non-hydrogen) atoms. The van der Waals surface area contributed by atoms with Gasteiger partial charge in [0.25, 0.3) is 0 Å². The number of nitrogens with zero attached hydrogens (tertiary/aromatic N) is 2. The molecule has 0 amide bonds. The number of aryl methyl sites for hydroxylation is 1. The molecule has 5 nitrogen and oxygen atoms in total. The summed E-state index contributed by atoms with van der Waals surface area (Å²) in [6.07, 6.45) is 2.73. The summed E-state index contributed by atoms with van der Waals surface area (Å²) < 4.78 is 11.4. The molecule has 1 N–H and O–H groups in total. The molecule has 0 saturated carbocycles. The molecule has 1 aromatic carbocycles. The molecule has 0 saturated heterocycles. The summed E-state index contributed by atoms with van der Waals surface area (Å²) >= 11 is 1.60. The van der Waals surface area contributed by atoms with Crippen LogP contribution in [0, 0.1) is 6.92 Å². The van der Waals surface area contributed by atoms with Gasteiger partial charge in [0.2, 0.25) is 5.95 Å². The lowest BCUT2D eigenvalue weighted by Gasteiger charge is -2.10. The molecule has 0 unspecified atom stereocenters. The number of anilines is 1. The highest BCUT2D eigenvalue weighted by atomic mass is 32.2. The van der Waals surface area contributed by atoms with Crippen LogP contribution >= 0.6 is 11.8 Å². The van der Waals surface area contributed by atoms with Crippen molar-refractivity contribution in [3.63, 3.8) is 0 Å². The highest BCUT2D eigenvalue weighted by molar-refractivity contribution is 7.99. The minimum atomic E-state index is 0.623. The highest BCUT2D eigenvalue weighted by Gasteiger charge is 2.12. The molecule has 0 radical (unpaired) electrons. The maximum Gasteiger partial charge on any atom is 0.223 e. The van der Waals surface area contributed by atoms with E-state index in [0.29, 0.717) is 19.2 Å². The lowest BCUT2D eigenvalue weighted by Crippen LogP contribution is -1.98. The monoisotopic (exact) mass is 303 g/mol. The zero-order valence-corrected chi connectivity index (χ0v) is 12.9. The third kappa shape index (κ3) is 3.21. The third-order valence-corrected chi connectivity index (χ3v) is 4.18. The summed E-state index contributed by atoms with van der Waals surface area (Å²) in [5, 5.41) is 3.89. The first-order valence-corrected chi connectivity index (χ1v) is 7.67. The van der Waals surface area contributed by atoms with E-state index in [1.807, 2.05) is 38.4 Å². The van der Waals surface area contributed by atoms with Crippen LogP contribution in [-0.2, 0) is 0 Å². The number of aromatic nitrogens is 2. The zero-order valence-electron chi connectivity index (χ0n) is 12.0. The van der Waals surface area contributed by atoms with Crippen molar-refractivity contribution in [3.05, 3.63) is 30.0 Å². The van der Waals surface area contributed by atoms with E-state index in [9.17, 15) is 0 Å². The van der Waals surface area contributed by atoms with Crippen LogP contribution in [0.3, 0.4) is 0 Å². The fourth-order valence-electron chi connectivity index (χ4n) is 1.97. The quantitative estimate of drug-likeness (QED) is 0.879. The minimum absolute atomic E-state index is 0.623. The molecule has 2 heterocycles. The second-order valence-electron chi connectivity index (χ2n) is 4.69. The summed E-state index contributed by atoms with van der Waals surface area (Å²) in [6.45, 7) is 3.40. The molecule has 0 aliphatic carbocycles. The van der Waals surface area contributed by atoms with Crippen LogP contribution in [0.1, 0.15) is 12.0 Å². The van der Waals surface area contributed by atoms with E-state index in [-0.39, 0.29) is 0 Å². The Morgan fingerprint density at radius 1 is 1.19 bits per heavy atom. The summed E-state index contributed by atoms with van der Waals surface area (Å²) in [5.74, 6) is 2.24. The van der Waals surface area contributed by atoms with Gasteiger partial charge in [0.05, 0.1) is 13.2 Å². The van der Waals surface area contributed by atoms with Gasteiger partial charge in [-0.15, -0.1) is 0 Å². The molecule has 6 heteroatoms. The van der Waals surface area contributed by atoms with Crippen LogP contribution in [0.15, 0.2) is 34.3 Å². The minimum Gasteiger partial charge on any atom is -0.490 e. The zero-order chi connectivity index (χ0) is 14.7. The Morgan fingerprint density at radius 2 is 2.00 bits per heavy atom. The molecule has 0 spiro atoms. The third-order valence-electron chi connectivity index (χ3n) is 3.08. The van der Waals surface area contributed by atoms with E-state index >= 15 is 0 Å². The smallest absolute Gasteiger partial charge is 0.223 e. The van der Waals surface area contributed by atoms with Crippen molar-refractivity contribution in [2.45, 2.75) is 23.3 Å². The van der Waals surface area contributed by atoms with E-state index in [2.05, 4.69) is 15.3 Å². The second kappa shape index (κ2) is 6.22. The van der Waals surface area contributed by atoms with E-state index in [0.717, 1.165) is 33.4 Å². The van der Waals surface area contributed by atoms with Gasteiger partial charge in [-0.1, -0.05) is 11.8 Å². The predicted molar refractivity (Wildman–Crippen MR) is 82.5 cm³/mol. The number of rotatable bonds is 3. The molecular weight excluding hydrogens is 286 g/mol. The van der Waals surface area contributed by atoms with Gasteiger partial charge >= 0.3 is 0 Å². The van der Waals surface area contributed by atoms with Crippen LogP contribution in [0.4, 0.5) is 5.95 Å². The van der Waals surface area contributed by atoms with Gasteiger partial charge in [0, 0.05) is 30.1 Å². The van der Waals surface area contributed by atoms with Gasteiger partial charge in [-0.3, -0.25) is 0 Å². The van der Waals surface area contributed by atoms with Crippen molar-refractivity contribution in [1.82, 2.24) is 9.97 Å². The first-order chi connectivity index (χ1) is 10.3. The van der Waals surface area contributed by atoms with Crippen LogP contribution in [0.25, 0.3) is 0 Å². The van der Waals surface area contributed by atoms with Gasteiger partial charge in [0.15, 0.2) is 11.5 Å². The Morgan fingerprint density at radius 3 is 2.81 bits per heavy atom. The Balaban J connectivity index is 1.86. The number of hydrogen-bond acceptors (Lipinski definition) is 6. The average molecular weight is 303 g/mol. The fourth-order valence-corrected chi connectivity index (χ4v) is 2.84. The van der Waals surface area contributed by atoms with Crippen molar-refractivity contribution in [2.75, 3.05) is 25.6 Å². The lowest BCUT2D eigenvalue weighted by atomic mass is 10.3. The predicted octanol–water partition coefficient (Wildman–Crippen LogP) is 3.14. The molecule has 2 aromatic rings. The van der Waals surface area contributed by atoms with Gasteiger partial charge < -0.3 is 14.8 Å². The van der Waals surface area contributed by atoms with Crippen LogP contribution in [0.2, 0.25) is 0 Å². The summed E-state index contributed by atoms with van der Waals surface area (Å²) in [4.78, 5) is 9.76. The standard InChI is InChI=1S/C15H17N3O2S/c1-10-9-17-15(16-2)18-14(10)21-11-4-5-12-13(8-11)20-7-3-6-19-12/h4-5,8-9H,3,6-7H2,1-2H3,(H,16,17,18). The normalized spacial score (nSPS) is 13.6. The van der Waals surface area contributed by atoms with E-state index in [1.54, 1.807) is 11.8 Å². The highest BCUT2D eigenvalue weighted by Crippen LogP contribution is 2.36. The van der Waals surface area contributed by atoms with Gasteiger partial charge in [-0.2, -0.15) is 0 Å². The van der Waals surface area contributed by atoms with Crippen molar-refractivity contribution in [1.29, 1.82) is 0 Å². The lowest BCUT2D eigenvalue weighted by molar-refractivity contribution is 0.297. The molecule has 3 rings (SSSR count). The van der Waals surface area contributed by atoms with Crippen molar-refractivity contribution >= 4 is 17.7 Å². The van der Waals surface area contributed by atoms with E-state index < -0.39 is 0 Å². The molecule has 1 aromatic heterocycles. The van der Waals surface area contributed by atoms with Crippen molar-refractivity contribution in [2.24, 2.45) is 0 Å². The number of nitrogens with one attached hydrogen (secondary N) is 1. The Kier molecular flexibility index (Phi) is 4.15. The largest absolute Gasteiger partial charge is 0.490 e. The molecule has 0 fully saturated rings. The topological polar surface area (TPSA) is 56.3 Å². The van der Waals surface area contributed by atoms with Gasteiger partial charge in [-0.05, 0) is 25.1 Å². The second-order valence-corrected chi connectivity index (χ2v) is 5.76. The number of hydrogen-bond donors (Lipinski definition) is 1. The molecule has 1 aliphatic rings. The number of fused-ring (bicyclic) bond motifs is 1. The molecule has 1 aliphatic heterocycles. The average Bonchev–Trinajstić information content (AvgIpc) is 2.74. The van der Waals surface area contributed by atoms with Gasteiger partial charge in [0.1, 0.15) is 5.03 Å². The Hall–Kier alpha value is -1.95. The van der Waals surface area contributed by atoms with E-state index in [1.165, 1.54) is 0 Å². The SMILES string of the molecule is CNc1ncc(C)c(Sc2ccc3c(c2)OCCCO3)n1. The Labute approximate surface area is 128 Å². The van der Waals surface area contributed by atoms with Crippen molar-refractivity contribution in [3.8, 4) is 11.5 Å². The molecule has 0 atom stereocenters.